The molecule has 0 fully saturated rings. The van der Waals surface area contributed by atoms with Crippen molar-refractivity contribution < 1.29 is 13.2 Å². The van der Waals surface area contributed by atoms with Crippen LogP contribution in [0.5, 0.6) is 5.75 Å². The van der Waals surface area contributed by atoms with Gasteiger partial charge >= 0.3 is 5.69 Å². The number of hydrogen-bond donors (Lipinski definition) is 3. The summed E-state index contributed by atoms with van der Waals surface area (Å²) in [5.41, 5.74) is 5.17. The molecule has 0 aliphatic carbocycles. The summed E-state index contributed by atoms with van der Waals surface area (Å²) in [6, 6.07) is 5.68. The number of sulfonamides is 1. The van der Waals surface area contributed by atoms with Crippen LogP contribution in [0.25, 0.3) is 0 Å². The Bertz CT molecular complexity index is 1030. The zero-order valence-electron chi connectivity index (χ0n) is 15.8. The molecule has 0 amide bonds. The third-order valence-electron chi connectivity index (χ3n) is 4.18. The standard InChI is InChI=1S/C17H25N5O5S/c1-3-4-9-22-15(18)14(16(23)20-17(22)24)21(2)10-11-27-12-5-7-13(8-6-12)28(19,25)26/h5-8H,3-4,9-11,18H2,1-2H3,(H2,19,25,26)(H,20,23,24). The minimum atomic E-state index is -3.76. The number of anilines is 2. The van der Waals surface area contributed by atoms with Crippen molar-refractivity contribution in [2.24, 2.45) is 5.14 Å². The number of ether oxygens (including phenoxy) is 1. The van der Waals surface area contributed by atoms with E-state index in [-0.39, 0.29) is 23.0 Å². The van der Waals surface area contributed by atoms with E-state index in [4.69, 9.17) is 15.6 Å². The summed E-state index contributed by atoms with van der Waals surface area (Å²) < 4.78 is 29.4. The van der Waals surface area contributed by atoms with Crippen molar-refractivity contribution in [3.63, 3.8) is 0 Å². The number of unbranched alkanes of at least 4 members (excludes halogenated alkanes) is 1. The van der Waals surface area contributed by atoms with Crippen LogP contribution in [-0.4, -0.2) is 38.2 Å². The third kappa shape index (κ3) is 5.14. The molecule has 1 aromatic heterocycles. The van der Waals surface area contributed by atoms with Gasteiger partial charge in [-0.15, -0.1) is 0 Å². The summed E-state index contributed by atoms with van der Waals surface area (Å²) in [5.74, 6) is 0.567. The Morgan fingerprint density at radius 2 is 1.86 bits per heavy atom. The maximum absolute atomic E-state index is 12.2. The first-order chi connectivity index (χ1) is 13.1. The molecule has 11 heteroatoms. The Kier molecular flexibility index (Phi) is 6.86. The fourth-order valence-corrected chi connectivity index (χ4v) is 3.14. The molecule has 1 aromatic carbocycles. The lowest BCUT2D eigenvalue weighted by molar-refractivity contribution is 0.325. The Balaban J connectivity index is 2.08. The third-order valence-corrected chi connectivity index (χ3v) is 5.11. The van der Waals surface area contributed by atoms with E-state index < -0.39 is 21.3 Å². The summed E-state index contributed by atoms with van der Waals surface area (Å²) in [7, 11) is -2.09. The van der Waals surface area contributed by atoms with E-state index in [1.54, 1.807) is 11.9 Å². The first-order valence-corrected chi connectivity index (χ1v) is 10.3. The van der Waals surface area contributed by atoms with Crippen LogP contribution in [0.4, 0.5) is 11.5 Å². The predicted octanol–water partition coefficient (Wildman–Crippen LogP) is 0.0815. The van der Waals surface area contributed by atoms with Crippen LogP contribution in [0.1, 0.15) is 19.8 Å². The summed E-state index contributed by atoms with van der Waals surface area (Å²) in [6.45, 7) is 2.94. The van der Waals surface area contributed by atoms with E-state index in [2.05, 4.69) is 4.98 Å². The van der Waals surface area contributed by atoms with Crippen molar-refractivity contribution >= 4 is 21.5 Å². The summed E-state index contributed by atoms with van der Waals surface area (Å²) >= 11 is 0. The first-order valence-electron chi connectivity index (χ1n) is 8.74. The number of benzene rings is 1. The normalized spacial score (nSPS) is 11.4. The van der Waals surface area contributed by atoms with E-state index in [1.165, 1.54) is 28.8 Å². The van der Waals surface area contributed by atoms with Gasteiger partial charge in [-0.05, 0) is 30.7 Å². The van der Waals surface area contributed by atoms with Crippen LogP contribution < -0.4 is 31.8 Å². The molecule has 28 heavy (non-hydrogen) atoms. The maximum Gasteiger partial charge on any atom is 0.330 e. The molecule has 0 radical (unpaired) electrons. The SMILES string of the molecule is CCCCn1c(N)c(N(C)CCOc2ccc(S(N)(=O)=O)cc2)c(=O)[nH]c1=O. The van der Waals surface area contributed by atoms with Crippen LogP contribution in [0.2, 0.25) is 0 Å². The monoisotopic (exact) mass is 411 g/mol. The summed E-state index contributed by atoms with van der Waals surface area (Å²) in [6.07, 6.45) is 1.64. The van der Waals surface area contributed by atoms with Gasteiger partial charge in [-0.1, -0.05) is 13.3 Å². The van der Waals surface area contributed by atoms with Gasteiger partial charge in [0.2, 0.25) is 10.0 Å². The second-order valence-electron chi connectivity index (χ2n) is 6.28. The highest BCUT2D eigenvalue weighted by Gasteiger charge is 2.16. The maximum atomic E-state index is 12.2. The van der Waals surface area contributed by atoms with Gasteiger partial charge in [0, 0.05) is 13.6 Å². The predicted molar refractivity (Wildman–Crippen MR) is 107 cm³/mol. The van der Waals surface area contributed by atoms with Crippen LogP contribution in [0.3, 0.4) is 0 Å². The van der Waals surface area contributed by atoms with Crippen LogP contribution in [0, 0.1) is 0 Å². The van der Waals surface area contributed by atoms with Crippen molar-refractivity contribution in [3.8, 4) is 5.75 Å². The van der Waals surface area contributed by atoms with Gasteiger partial charge in [0.25, 0.3) is 5.56 Å². The fraction of sp³-hybridized carbons (Fsp3) is 0.412. The molecule has 0 unspecified atom stereocenters. The Labute approximate surface area is 162 Å². The van der Waals surface area contributed by atoms with Gasteiger partial charge < -0.3 is 15.4 Å². The molecule has 0 atom stereocenters. The van der Waals surface area contributed by atoms with E-state index in [0.717, 1.165) is 12.8 Å². The zero-order valence-corrected chi connectivity index (χ0v) is 16.7. The number of nitrogens with two attached hydrogens (primary N) is 2. The molecule has 0 bridgehead atoms. The highest BCUT2D eigenvalue weighted by atomic mass is 32.2. The minimum Gasteiger partial charge on any atom is -0.492 e. The van der Waals surface area contributed by atoms with Crippen molar-refractivity contribution in [1.29, 1.82) is 0 Å². The van der Waals surface area contributed by atoms with Gasteiger partial charge in [-0.3, -0.25) is 14.3 Å². The quantitative estimate of drug-likeness (QED) is 0.528. The number of rotatable bonds is 9. The van der Waals surface area contributed by atoms with Crippen LogP contribution in [-0.2, 0) is 16.6 Å². The number of aromatic nitrogens is 2. The van der Waals surface area contributed by atoms with Gasteiger partial charge in [0.1, 0.15) is 23.9 Å². The second-order valence-corrected chi connectivity index (χ2v) is 7.85. The van der Waals surface area contributed by atoms with Gasteiger partial charge in [0.15, 0.2) is 0 Å². The lowest BCUT2D eigenvalue weighted by Crippen LogP contribution is -2.38. The number of aromatic amines is 1. The van der Waals surface area contributed by atoms with E-state index in [1.807, 2.05) is 6.92 Å². The molecule has 2 aromatic rings. The van der Waals surface area contributed by atoms with Crippen LogP contribution >= 0.6 is 0 Å². The molecule has 1 heterocycles. The highest BCUT2D eigenvalue weighted by Crippen LogP contribution is 2.17. The zero-order chi connectivity index (χ0) is 20.9. The average Bonchev–Trinajstić information content (AvgIpc) is 2.61. The van der Waals surface area contributed by atoms with Gasteiger partial charge in [-0.25, -0.2) is 18.4 Å². The smallest absolute Gasteiger partial charge is 0.330 e. The molecule has 5 N–H and O–H groups in total. The molecule has 0 aliphatic rings. The number of primary sulfonamides is 1. The molecule has 0 aliphatic heterocycles. The molecule has 154 valence electrons. The van der Waals surface area contributed by atoms with Gasteiger partial charge in [-0.2, -0.15) is 0 Å². The lowest BCUT2D eigenvalue weighted by atomic mass is 10.3. The first kappa shape index (κ1) is 21.5. The molecular formula is C17H25N5O5S. The summed E-state index contributed by atoms with van der Waals surface area (Å²) in [4.78, 5) is 28.0. The van der Waals surface area contributed by atoms with Gasteiger partial charge in [0.05, 0.1) is 11.4 Å². The Hall–Kier alpha value is -2.79. The van der Waals surface area contributed by atoms with Crippen molar-refractivity contribution in [3.05, 3.63) is 45.1 Å². The number of likely N-dealkylation sites (N-methyl/N-ethyl adjacent to an activating group) is 1. The van der Waals surface area contributed by atoms with E-state index in [0.29, 0.717) is 18.8 Å². The van der Waals surface area contributed by atoms with Crippen molar-refractivity contribution in [1.82, 2.24) is 9.55 Å². The molecule has 10 nitrogen and oxygen atoms in total. The Morgan fingerprint density at radius 1 is 1.21 bits per heavy atom. The van der Waals surface area contributed by atoms with E-state index >= 15 is 0 Å². The largest absolute Gasteiger partial charge is 0.492 e. The molecule has 0 saturated carbocycles. The molecule has 0 saturated heterocycles. The highest BCUT2D eigenvalue weighted by molar-refractivity contribution is 7.89. The number of nitrogen functional groups attached to an aromatic ring is 1. The van der Waals surface area contributed by atoms with Crippen molar-refractivity contribution in [2.75, 3.05) is 30.8 Å². The molecule has 2 rings (SSSR count). The number of H-pyrrole nitrogens is 1. The molecule has 0 spiro atoms. The van der Waals surface area contributed by atoms with Crippen molar-refractivity contribution in [2.45, 2.75) is 31.2 Å². The van der Waals surface area contributed by atoms with Crippen LogP contribution in [0.15, 0.2) is 38.8 Å². The number of hydrogen-bond acceptors (Lipinski definition) is 7. The lowest BCUT2D eigenvalue weighted by Gasteiger charge is -2.22. The number of nitrogens with one attached hydrogen (secondary N) is 1. The Morgan fingerprint density at radius 3 is 2.43 bits per heavy atom. The van der Waals surface area contributed by atoms with E-state index in [9.17, 15) is 18.0 Å². The molecular weight excluding hydrogens is 386 g/mol. The average molecular weight is 411 g/mol. The fourth-order valence-electron chi connectivity index (χ4n) is 2.62. The number of nitrogens with zero attached hydrogens (tertiary/aromatic N) is 2. The second kappa shape index (κ2) is 8.93. The topological polar surface area (TPSA) is 154 Å². The summed E-state index contributed by atoms with van der Waals surface area (Å²) in [5, 5.41) is 5.05. The minimum absolute atomic E-state index is 0.00869.